The Morgan fingerprint density at radius 3 is 2.67 bits per heavy atom. The molecule has 0 bridgehead atoms. The molecule has 1 aromatic carbocycles. The Balaban J connectivity index is 2.15. The van der Waals surface area contributed by atoms with E-state index < -0.39 is 0 Å². The van der Waals surface area contributed by atoms with Crippen molar-refractivity contribution >= 4 is 17.5 Å². The van der Waals surface area contributed by atoms with Crippen LogP contribution < -0.4 is 0 Å². The molecule has 0 saturated heterocycles. The van der Waals surface area contributed by atoms with Crippen LogP contribution in [0.25, 0.3) is 0 Å². The third kappa shape index (κ3) is 2.79. The molecule has 0 aliphatic rings. The van der Waals surface area contributed by atoms with Gasteiger partial charge in [0.05, 0.1) is 5.25 Å². The molecule has 0 radical (unpaired) electrons. The number of Topliss-reactive ketones (excluding diaryl/α,β-unsaturated/α-hetero) is 1. The van der Waals surface area contributed by atoms with Gasteiger partial charge < -0.3 is 0 Å². The highest BCUT2D eigenvalue weighted by molar-refractivity contribution is 8.00. The summed E-state index contributed by atoms with van der Waals surface area (Å²) in [7, 11) is 1.83. The van der Waals surface area contributed by atoms with E-state index in [4.69, 9.17) is 0 Å². The van der Waals surface area contributed by atoms with Gasteiger partial charge in [0.25, 0.3) is 0 Å². The Morgan fingerprint density at radius 1 is 1.39 bits per heavy atom. The van der Waals surface area contributed by atoms with Gasteiger partial charge in [0.15, 0.2) is 10.9 Å². The first-order valence-electron chi connectivity index (χ1n) is 5.82. The van der Waals surface area contributed by atoms with Crippen molar-refractivity contribution < 1.29 is 4.79 Å². The molecule has 0 aliphatic carbocycles. The number of carbonyl (C=O) groups is 1. The van der Waals surface area contributed by atoms with E-state index in [1.54, 1.807) is 4.68 Å². The molecular weight excluding hydrogens is 246 g/mol. The molecule has 2 rings (SSSR count). The fourth-order valence-electron chi connectivity index (χ4n) is 1.63. The number of aromatic nitrogens is 3. The van der Waals surface area contributed by atoms with Crippen LogP contribution in [0.15, 0.2) is 41.8 Å². The van der Waals surface area contributed by atoms with E-state index in [0.29, 0.717) is 0 Å². The molecule has 2 aromatic rings. The topological polar surface area (TPSA) is 47.8 Å². The van der Waals surface area contributed by atoms with Crippen molar-refractivity contribution in [1.82, 2.24) is 14.8 Å². The quantitative estimate of drug-likeness (QED) is 0.613. The zero-order valence-electron chi connectivity index (χ0n) is 10.4. The standard InChI is InChI=1S/C13H15N3OS/c1-3-11(18-13-14-9-15-16(13)2)12(17)10-7-5-4-6-8-10/h4-9,11H,3H2,1-2H3. The van der Waals surface area contributed by atoms with Crippen LogP contribution in [0.1, 0.15) is 23.7 Å². The van der Waals surface area contributed by atoms with Crippen molar-refractivity contribution in [1.29, 1.82) is 0 Å². The van der Waals surface area contributed by atoms with E-state index >= 15 is 0 Å². The third-order valence-corrected chi connectivity index (χ3v) is 4.05. The predicted octanol–water partition coefficient (Wildman–Crippen LogP) is 2.57. The molecule has 0 spiro atoms. The highest BCUT2D eigenvalue weighted by atomic mass is 32.2. The number of carbonyl (C=O) groups excluding carboxylic acids is 1. The summed E-state index contributed by atoms with van der Waals surface area (Å²) in [5.41, 5.74) is 0.749. The number of hydrogen-bond donors (Lipinski definition) is 0. The summed E-state index contributed by atoms with van der Waals surface area (Å²) in [6.45, 7) is 2.01. The van der Waals surface area contributed by atoms with Gasteiger partial charge in [-0.15, -0.1) is 0 Å². The van der Waals surface area contributed by atoms with Crippen molar-refractivity contribution in [3.05, 3.63) is 42.2 Å². The molecule has 0 aliphatic heterocycles. The Morgan fingerprint density at radius 2 is 2.11 bits per heavy atom. The number of ketones is 1. The normalized spacial score (nSPS) is 12.3. The molecule has 18 heavy (non-hydrogen) atoms. The summed E-state index contributed by atoms with van der Waals surface area (Å²) in [6, 6.07) is 9.37. The summed E-state index contributed by atoms with van der Waals surface area (Å²) in [5, 5.41) is 4.66. The molecule has 5 heteroatoms. The molecule has 94 valence electrons. The van der Waals surface area contributed by atoms with Gasteiger partial charge in [-0.2, -0.15) is 5.10 Å². The van der Waals surface area contributed by atoms with Crippen LogP contribution in [-0.2, 0) is 7.05 Å². The fraction of sp³-hybridized carbons (Fsp3) is 0.308. The maximum atomic E-state index is 12.3. The zero-order chi connectivity index (χ0) is 13.0. The second-order valence-corrected chi connectivity index (χ2v) is 5.08. The first-order valence-corrected chi connectivity index (χ1v) is 6.70. The van der Waals surface area contributed by atoms with Crippen molar-refractivity contribution in [2.24, 2.45) is 7.05 Å². The van der Waals surface area contributed by atoms with Crippen LogP contribution in [-0.4, -0.2) is 25.8 Å². The highest BCUT2D eigenvalue weighted by Gasteiger charge is 2.21. The summed E-state index contributed by atoms with van der Waals surface area (Å²) in [5.74, 6) is 0.145. The lowest BCUT2D eigenvalue weighted by Gasteiger charge is -2.12. The van der Waals surface area contributed by atoms with Crippen molar-refractivity contribution in [2.45, 2.75) is 23.8 Å². The van der Waals surface area contributed by atoms with Crippen molar-refractivity contribution in [2.75, 3.05) is 0 Å². The third-order valence-electron chi connectivity index (χ3n) is 2.64. The molecular formula is C13H15N3OS. The number of thioether (sulfide) groups is 1. The summed E-state index contributed by atoms with van der Waals surface area (Å²) in [6.07, 6.45) is 2.27. The van der Waals surface area contributed by atoms with E-state index in [9.17, 15) is 4.79 Å². The maximum Gasteiger partial charge on any atom is 0.186 e. The average molecular weight is 261 g/mol. The van der Waals surface area contributed by atoms with Gasteiger partial charge in [0, 0.05) is 12.6 Å². The molecule has 1 unspecified atom stereocenters. The number of benzene rings is 1. The second-order valence-electron chi connectivity index (χ2n) is 3.91. The molecule has 0 fully saturated rings. The first-order chi connectivity index (χ1) is 8.72. The monoisotopic (exact) mass is 261 g/mol. The van der Waals surface area contributed by atoms with Gasteiger partial charge in [-0.1, -0.05) is 49.0 Å². The van der Waals surface area contributed by atoms with Crippen molar-refractivity contribution in [3.63, 3.8) is 0 Å². The number of nitrogens with zero attached hydrogens (tertiary/aromatic N) is 3. The average Bonchev–Trinajstić information content (AvgIpc) is 2.81. The lowest BCUT2D eigenvalue weighted by molar-refractivity contribution is 0.0988. The molecule has 0 amide bonds. The minimum absolute atomic E-state index is 0.115. The van der Waals surface area contributed by atoms with Crippen LogP contribution in [0.2, 0.25) is 0 Å². The van der Waals surface area contributed by atoms with Crippen LogP contribution >= 0.6 is 11.8 Å². The second kappa shape index (κ2) is 5.82. The summed E-state index contributed by atoms with van der Waals surface area (Å²) >= 11 is 1.46. The van der Waals surface area contributed by atoms with Crippen LogP contribution in [0.3, 0.4) is 0 Å². The Labute approximate surface area is 110 Å². The predicted molar refractivity (Wildman–Crippen MR) is 71.7 cm³/mol. The lowest BCUT2D eigenvalue weighted by atomic mass is 10.1. The molecule has 4 nitrogen and oxygen atoms in total. The molecule has 1 atom stereocenters. The van der Waals surface area contributed by atoms with Gasteiger partial charge in [-0.05, 0) is 6.42 Å². The number of hydrogen-bond acceptors (Lipinski definition) is 4. The number of aryl methyl sites for hydroxylation is 1. The van der Waals surface area contributed by atoms with Gasteiger partial charge >= 0.3 is 0 Å². The van der Waals surface area contributed by atoms with Crippen molar-refractivity contribution in [3.8, 4) is 0 Å². The molecule has 0 saturated carbocycles. The lowest BCUT2D eigenvalue weighted by Crippen LogP contribution is -2.17. The smallest absolute Gasteiger partial charge is 0.186 e. The van der Waals surface area contributed by atoms with Crippen LogP contribution in [0.5, 0.6) is 0 Å². The highest BCUT2D eigenvalue weighted by Crippen LogP contribution is 2.25. The van der Waals surface area contributed by atoms with Gasteiger partial charge in [0.2, 0.25) is 0 Å². The van der Waals surface area contributed by atoms with Gasteiger partial charge in [0.1, 0.15) is 6.33 Å². The maximum absolute atomic E-state index is 12.3. The Hall–Kier alpha value is -1.62. The van der Waals surface area contributed by atoms with Gasteiger partial charge in [-0.25, -0.2) is 9.67 Å². The number of rotatable bonds is 5. The minimum atomic E-state index is -0.115. The van der Waals surface area contributed by atoms with Gasteiger partial charge in [-0.3, -0.25) is 4.79 Å². The van der Waals surface area contributed by atoms with E-state index in [-0.39, 0.29) is 11.0 Å². The Bertz CT molecular complexity index is 524. The molecule has 1 heterocycles. The summed E-state index contributed by atoms with van der Waals surface area (Å²) < 4.78 is 1.69. The van der Waals surface area contributed by atoms with E-state index in [2.05, 4.69) is 10.1 Å². The van der Waals surface area contributed by atoms with E-state index in [0.717, 1.165) is 17.1 Å². The van der Waals surface area contributed by atoms with E-state index in [1.807, 2.05) is 44.3 Å². The minimum Gasteiger partial charge on any atom is -0.293 e. The summed E-state index contributed by atoms with van der Waals surface area (Å²) in [4.78, 5) is 16.5. The van der Waals surface area contributed by atoms with Crippen LogP contribution in [0.4, 0.5) is 0 Å². The Kier molecular flexibility index (Phi) is 4.15. The van der Waals surface area contributed by atoms with E-state index in [1.165, 1.54) is 18.1 Å². The fourth-order valence-corrected chi connectivity index (χ4v) is 2.60. The molecule has 1 aromatic heterocycles. The zero-order valence-corrected chi connectivity index (χ0v) is 11.2. The largest absolute Gasteiger partial charge is 0.293 e. The first kappa shape index (κ1) is 12.8. The molecule has 0 N–H and O–H groups in total. The SMILES string of the molecule is CCC(Sc1ncnn1C)C(=O)c1ccccc1. The van der Waals surface area contributed by atoms with Crippen LogP contribution in [0, 0.1) is 0 Å².